The fourth-order valence-electron chi connectivity index (χ4n) is 2.83. The SMILES string of the molecule is CC1SC(c2cnc3ccc(B4OC(C)(C)C(C)(C)O4)cn23)=NC1=O. The number of fused-ring (bicyclic) bond motifs is 1. The van der Waals surface area contributed by atoms with E-state index in [0.29, 0.717) is 5.04 Å². The number of aromatic nitrogens is 2. The lowest BCUT2D eigenvalue weighted by Crippen LogP contribution is -2.41. The normalized spacial score (nSPS) is 25.0. The van der Waals surface area contributed by atoms with Gasteiger partial charge in [0.15, 0.2) is 0 Å². The van der Waals surface area contributed by atoms with Crippen LogP contribution in [0.4, 0.5) is 0 Å². The number of nitrogens with zero attached hydrogens (tertiary/aromatic N) is 3. The minimum atomic E-state index is -0.441. The molecule has 0 spiro atoms. The van der Waals surface area contributed by atoms with Crippen LogP contribution < -0.4 is 5.46 Å². The topological polar surface area (TPSA) is 65.2 Å². The Hall–Kier alpha value is -1.64. The van der Waals surface area contributed by atoms with E-state index < -0.39 is 18.3 Å². The van der Waals surface area contributed by atoms with Crippen LogP contribution in [0.5, 0.6) is 0 Å². The molecule has 2 aliphatic heterocycles. The Morgan fingerprint density at radius 2 is 1.88 bits per heavy atom. The number of hydrogen-bond acceptors (Lipinski definition) is 5. The van der Waals surface area contributed by atoms with Crippen molar-refractivity contribution in [2.24, 2.45) is 4.99 Å². The van der Waals surface area contributed by atoms with E-state index in [0.717, 1.165) is 16.8 Å². The molecule has 0 aliphatic carbocycles. The number of carbonyl (C=O) groups excluding carboxylic acids is 1. The Morgan fingerprint density at radius 1 is 1.20 bits per heavy atom. The molecule has 1 fully saturated rings. The summed E-state index contributed by atoms with van der Waals surface area (Å²) in [5.74, 6) is -0.0999. The molecule has 1 atom stereocenters. The molecule has 1 unspecified atom stereocenters. The molecular formula is C17H20BN3O3S. The number of thioether (sulfide) groups is 1. The monoisotopic (exact) mass is 357 g/mol. The number of amides is 1. The molecule has 8 heteroatoms. The molecule has 6 nitrogen and oxygen atoms in total. The maximum Gasteiger partial charge on any atom is 0.496 e. The smallest absolute Gasteiger partial charge is 0.399 e. The zero-order valence-electron chi connectivity index (χ0n) is 14.9. The summed E-state index contributed by atoms with van der Waals surface area (Å²) in [6, 6.07) is 3.89. The second-order valence-corrected chi connectivity index (χ2v) is 8.77. The zero-order valence-corrected chi connectivity index (χ0v) is 15.8. The minimum absolute atomic E-state index is 0.0999. The van der Waals surface area contributed by atoms with Gasteiger partial charge in [0.25, 0.3) is 5.91 Å². The van der Waals surface area contributed by atoms with E-state index in [1.54, 1.807) is 6.20 Å². The molecule has 2 aromatic rings. The lowest BCUT2D eigenvalue weighted by Gasteiger charge is -2.32. The van der Waals surface area contributed by atoms with Crippen molar-refractivity contribution in [3.63, 3.8) is 0 Å². The van der Waals surface area contributed by atoms with Gasteiger partial charge in [-0.3, -0.25) is 9.20 Å². The maximum atomic E-state index is 11.8. The van der Waals surface area contributed by atoms with Gasteiger partial charge < -0.3 is 9.31 Å². The molecule has 25 heavy (non-hydrogen) atoms. The summed E-state index contributed by atoms with van der Waals surface area (Å²) in [5.41, 5.74) is 1.74. The predicted octanol–water partition coefficient (Wildman–Crippen LogP) is 2.04. The van der Waals surface area contributed by atoms with Crippen molar-refractivity contribution in [1.29, 1.82) is 0 Å². The molecule has 0 N–H and O–H groups in total. The molecule has 1 amide bonds. The van der Waals surface area contributed by atoms with Crippen molar-refractivity contribution in [2.75, 3.05) is 0 Å². The van der Waals surface area contributed by atoms with E-state index >= 15 is 0 Å². The second kappa shape index (κ2) is 5.43. The fraction of sp³-hybridized carbons (Fsp3) is 0.471. The van der Waals surface area contributed by atoms with Crippen molar-refractivity contribution in [2.45, 2.75) is 51.1 Å². The standard InChI is InChI=1S/C17H20BN3O3S/c1-10-14(22)20-15(25-10)12-8-19-13-7-6-11(9-21(12)13)18-23-16(2,3)17(4,5)24-18/h6-10H,1-5H3. The lowest BCUT2D eigenvalue weighted by molar-refractivity contribution is -0.116. The average Bonchev–Trinajstić information content (AvgIpc) is 3.14. The fourth-order valence-corrected chi connectivity index (χ4v) is 3.73. The molecule has 2 aromatic heterocycles. The van der Waals surface area contributed by atoms with Crippen molar-refractivity contribution in [1.82, 2.24) is 9.38 Å². The van der Waals surface area contributed by atoms with E-state index in [2.05, 4.69) is 9.98 Å². The van der Waals surface area contributed by atoms with Gasteiger partial charge in [-0.05, 0) is 46.1 Å². The molecular weight excluding hydrogens is 337 g/mol. The highest BCUT2D eigenvalue weighted by atomic mass is 32.2. The highest BCUT2D eigenvalue weighted by Crippen LogP contribution is 2.36. The van der Waals surface area contributed by atoms with Crippen LogP contribution in [0, 0.1) is 0 Å². The molecule has 0 radical (unpaired) electrons. The molecule has 0 saturated carbocycles. The summed E-state index contributed by atoms with van der Waals surface area (Å²) in [6.07, 6.45) is 3.71. The summed E-state index contributed by atoms with van der Waals surface area (Å²) in [6.45, 7) is 9.99. The van der Waals surface area contributed by atoms with Gasteiger partial charge in [0.2, 0.25) is 0 Å². The third kappa shape index (κ3) is 2.63. The van der Waals surface area contributed by atoms with Crippen LogP contribution in [0.15, 0.2) is 29.5 Å². The summed E-state index contributed by atoms with van der Waals surface area (Å²) < 4.78 is 14.2. The Kier molecular flexibility index (Phi) is 3.65. The molecule has 130 valence electrons. The van der Waals surface area contributed by atoms with E-state index in [1.807, 2.05) is 57.3 Å². The van der Waals surface area contributed by atoms with Gasteiger partial charge in [-0.25, -0.2) is 9.98 Å². The first kappa shape index (κ1) is 16.8. The Balaban J connectivity index is 1.73. The number of carbonyl (C=O) groups is 1. The first-order valence-corrected chi connectivity index (χ1v) is 9.18. The van der Waals surface area contributed by atoms with Gasteiger partial charge in [-0.2, -0.15) is 0 Å². The number of pyridine rings is 1. The van der Waals surface area contributed by atoms with Crippen LogP contribution in [0.1, 0.15) is 40.3 Å². The molecule has 2 aliphatic rings. The molecule has 0 bridgehead atoms. The first-order chi connectivity index (χ1) is 11.7. The average molecular weight is 357 g/mol. The zero-order chi connectivity index (χ0) is 18.0. The van der Waals surface area contributed by atoms with Crippen molar-refractivity contribution < 1.29 is 14.1 Å². The lowest BCUT2D eigenvalue weighted by atomic mass is 9.80. The third-order valence-corrected chi connectivity index (χ3v) is 6.20. The van der Waals surface area contributed by atoms with E-state index in [9.17, 15) is 4.79 Å². The van der Waals surface area contributed by atoms with Crippen LogP contribution in [0.2, 0.25) is 0 Å². The molecule has 0 aromatic carbocycles. The van der Waals surface area contributed by atoms with Crippen LogP contribution >= 0.6 is 11.8 Å². The van der Waals surface area contributed by atoms with Crippen LogP contribution in [0.25, 0.3) is 5.65 Å². The number of rotatable bonds is 2. The predicted molar refractivity (Wildman–Crippen MR) is 99.5 cm³/mol. The Labute approximate surface area is 151 Å². The van der Waals surface area contributed by atoms with E-state index in [-0.39, 0.29) is 11.2 Å². The van der Waals surface area contributed by atoms with Crippen molar-refractivity contribution in [3.8, 4) is 0 Å². The summed E-state index contributed by atoms with van der Waals surface area (Å²) in [5, 5.41) is 0.558. The second-order valence-electron chi connectivity index (χ2n) is 7.44. The molecule has 4 heterocycles. The van der Waals surface area contributed by atoms with Gasteiger partial charge in [0.1, 0.15) is 10.7 Å². The maximum absolute atomic E-state index is 11.8. The molecule has 4 rings (SSSR count). The number of aliphatic imine (C=N–C) groups is 1. The Morgan fingerprint density at radius 3 is 2.48 bits per heavy atom. The van der Waals surface area contributed by atoms with Crippen molar-refractivity contribution >= 4 is 40.9 Å². The van der Waals surface area contributed by atoms with Crippen LogP contribution in [-0.4, -0.2) is 43.9 Å². The first-order valence-electron chi connectivity index (χ1n) is 8.30. The number of hydrogen-bond donors (Lipinski definition) is 0. The van der Waals surface area contributed by atoms with Crippen LogP contribution in [0.3, 0.4) is 0 Å². The molecule has 1 saturated heterocycles. The van der Waals surface area contributed by atoms with Gasteiger partial charge in [0.05, 0.1) is 28.3 Å². The van der Waals surface area contributed by atoms with E-state index in [4.69, 9.17) is 9.31 Å². The number of imidazole rings is 1. The van der Waals surface area contributed by atoms with Crippen molar-refractivity contribution in [3.05, 3.63) is 30.2 Å². The van der Waals surface area contributed by atoms with Gasteiger partial charge in [-0.1, -0.05) is 17.8 Å². The largest absolute Gasteiger partial charge is 0.496 e. The van der Waals surface area contributed by atoms with Gasteiger partial charge in [-0.15, -0.1) is 0 Å². The van der Waals surface area contributed by atoms with Crippen LogP contribution in [-0.2, 0) is 14.1 Å². The summed E-state index contributed by atoms with van der Waals surface area (Å²) in [4.78, 5) is 20.3. The summed E-state index contributed by atoms with van der Waals surface area (Å²) >= 11 is 1.46. The summed E-state index contributed by atoms with van der Waals surface area (Å²) in [7, 11) is -0.441. The van der Waals surface area contributed by atoms with E-state index in [1.165, 1.54) is 11.8 Å². The van der Waals surface area contributed by atoms with Gasteiger partial charge >= 0.3 is 7.12 Å². The highest BCUT2D eigenvalue weighted by molar-refractivity contribution is 8.16. The highest BCUT2D eigenvalue weighted by Gasteiger charge is 2.51. The third-order valence-electron chi connectivity index (χ3n) is 5.12. The quantitative estimate of drug-likeness (QED) is 0.770. The Bertz CT molecular complexity index is 890. The minimum Gasteiger partial charge on any atom is -0.399 e. The van der Waals surface area contributed by atoms with Gasteiger partial charge in [0, 0.05) is 6.20 Å².